The number of carbonyl (C=O) groups excluding carboxylic acids is 1. The third-order valence-electron chi connectivity index (χ3n) is 3.07. The molecule has 15 heavy (non-hydrogen) atoms. The van der Waals surface area contributed by atoms with Crippen molar-refractivity contribution in [1.29, 1.82) is 0 Å². The number of benzene rings is 1. The molecule has 3 heteroatoms. The van der Waals surface area contributed by atoms with Gasteiger partial charge in [0.25, 0.3) is 0 Å². The molecule has 1 aromatic rings. The van der Waals surface area contributed by atoms with E-state index in [4.69, 9.17) is 0 Å². The Balaban J connectivity index is 2.50. The monoisotopic (exact) mass is 265 g/mol. The van der Waals surface area contributed by atoms with Crippen LogP contribution in [0, 0.1) is 0 Å². The zero-order valence-corrected chi connectivity index (χ0v) is 9.96. The van der Waals surface area contributed by atoms with Gasteiger partial charge >= 0.3 is 0 Å². The summed E-state index contributed by atoms with van der Waals surface area (Å²) in [5.74, 6) is 0. The van der Waals surface area contributed by atoms with E-state index < -0.39 is 0 Å². The zero-order valence-electron chi connectivity index (χ0n) is 8.37. The lowest BCUT2D eigenvalue weighted by atomic mass is 9.89. The molecule has 0 spiro atoms. The molecule has 0 bridgehead atoms. The van der Waals surface area contributed by atoms with Crippen molar-refractivity contribution in [3.63, 3.8) is 0 Å². The Morgan fingerprint density at radius 3 is 2.53 bits per heavy atom. The van der Waals surface area contributed by atoms with Gasteiger partial charge in [0.15, 0.2) is 0 Å². The van der Waals surface area contributed by atoms with Gasteiger partial charge < -0.3 is 0 Å². The van der Waals surface area contributed by atoms with E-state index in [-0.39, 0.29) is 5.54 Å². The molecule has 1 aliphatic carbocycles. The van der Waals surface area contributed by atoms with Gasteiger partial charge in [-0.05, 0) is 24.5 Å². The van der Waals surface area contributed by atoms with Gasteiger partial charge in [0.2, 0.25) is 6.08 Å². The molecule has 1 aromatic carbocycles. The molecular weight excluding hydrogens is 254 g/mol. The third kappa shape index (κ3) is 1.90. The lowest BCUT2D eigenvalue weighted by Gasteiger charge is -2.23. The summed E-state index contributed by atoms with van der Waals surface area (Å²) in [6.45, 7) is 0. The minimum atomic E-state index is -0.318. The maximum atomic E-state index is 10.5. The van der Waals surface area contributed by atoms with E-state index in [1.807, 2.05) is 24.3 Å². The molecule has 0 aliphatic heterocycles. The fourth-order valence-electron chi connectivity index (χ4n) is 2.33. The van der Waals surface area contributed by atoms with Crippen molar-refractivity contribution in [2.24, 2.45) is 4.99 Å². The quantitative estimate of drug-likeness (QED) is 0.594. The van der Waals surface area contributed by atoms with Crippen molar-refractivity contribution in [2.75, 3.05) is 0 Å². The second-order valence-electron chi connectivity index (χ2n) is 3.92. The van der Waals surface area contributed by atoms with Crippen molar-refractivity contribution in [3.05, 3.63) is 34.3 Å². The molecule has 0 amide bonds. The van der Waals surface area contributed by atoms with Crippen LogP contribution in [0.2, 0.25) is 0 Å². The predicted molar refractivity (Wildman–Crippen MR) is 62.4 cm³/mol. The first-order valence-electron chi connectivity index (χ1n) is 5.12. The summed E-state index contributed by atoms with van der Waals surface area (Å²) in [6.07, 6.45) is 5.89. The molecule has 0 heterocycles. The lowest BCUT2D eigenvalue weighted by molar-refractivity contribution is 0.454. The molecule has 1 aliphatic rings. The number of aliphatic imine (C=N–C) groups is 1. The average molecular weight is 266 g/mol. The molecule has 2 rings (SSSR count). The predicted octanol–water partition coefficient (Wildman–Crippen LogP) is 3.55. The minimum Gasteiger partial charge on any atom is -0.211 e. The van der Waals surface area contributed by atoms with Gasteiger partial charge in [-0.3, -0.25) is 0 Å². The van der Waals surface area contributed by atoms with Crippen molar-refractivity contribution < 1.29 is 4.79 Å². The second-order valence-corrected chi connectivity index (χ2v) is 4.78. The van der Waals surface area contributed by atoms with E-state index in [1.54, 1.807) is 6.08 Å². The number of rotatable bonds is 2. The molecule has 0 saturated heterocycles. The van der Waals surface area contributed by atoms with Gasteiger partial charge in [0, 0.05) is 4.47 Å². The minimum absolute atomic E-state index is 0.318. The van der Waals surface area contributed by atoms with Gasteiger partial charge in [-0.2, -0.15) is 4.99 Å². The van der Waals surface area contributed by atoms with Crippen LogP contribution in [0.5, 0.6) is 0 Å². The van der Waals surface area contributed by atoms with Crippen LogP contribution in [-0.4, -0.2) is 6.08 Å². The summed E-state index contributed by atoms with van der Waals surface area (Å²) in [5.41, 5.74) is 0.799. The smallest absolute Gasteiger partial charge is 0.211 e. The molecule has 1 fully saturated rings. The molecule has 0 N–H and O–H groups in total. The van der Waals surface area contributed by atoms with E-state index in [2.05, 4.69) is 20.9 Å². The van der Waals surface area contributed by atoms with Crippen molar-refractivity contribution >= 4 is 22.0 Å². The molecule has 0 atom stereocenters. The Morgan fingerprint density at radius 1 is 1.27 bits per heavy atom. The van der Waals surface area contributed by atoms with Crippen LogP contribution in [0.1, 0.15) is 31.2 Å². The summed E-state index contributed by atoms with van der Waals surface area (Å²) < 4.78 is 1.03. The Kier molecular flexibility index (Phi) is 3.03. The Morgan fingerprint density at radius 2 is 1.93 bits per heavy atom. The van der Waals surface area contributed by atoms with Crippen LogP contribution in [0.15, 0.2) is 33.7 Å². The maximum absolute atomic E-state index is 10.5. The maximum Gasteiger partial charge on any atom is 0.235 e. The first kappa shape index (κ1) is 10.6. The molecule has 0 unspecified atom stereocenters. The third-order valence-corrected chi connectivity index (χ3v) is 3.76. The molecular formula is C12H12BrNO. The first-order chi connectivity index (χ1) is 7.28. The Bertz CT molecular complexity index is 404. The fraction of sp³-hybridized carbons (Fsp3) is 0.417. The highest BCUT2D eigenvalue weighted by atomic mass is 79.9. The highest BCUT2D eigenvalue weighted by Crippen LogP contribution is 2.44. The average Bonchev–Trinajstić information content (AvgIpc) is 2.69. The summed E-state index contributed by atoms with van der Waals surface area (Å²) in [5, 5.41) is 0. The molecule has 0 aromatic heterocycles. The number of hydrogen-bond acceptors (Lipinski definition) is 2. The van der Waals surface area contributed by atoms with E-state index in [1.165, 1.54) is 0 Å². The van der Waals surface area contributed by atoms with Gasteiger partial charge in [-0.25, -0.2) is 4.79 Å². The van der Waals surface area contributed by atoms with Crippen LogP contribution in [0.3, 0.4) is 0 Å². The van der Waals surface area contributed by atoms with Gasteiger partial charge in [0.05, 0.1) is 5.54 Å². The topological polar surface area (TPSA) is 29.4 Å². The highest BCUT2D eigenvalue weighted by molar-refractivity contribution is 9.10. The standard InChI is InChI=1S/C12H12BrNO/c13-11-6-2-1-5-10(11)12(14-9-15)7-3-4-8-12/h1-2,5-6H,3-4,7-8H2. The van der Waals surface area contributed by atoms with Crippen LogP contribution in [0.4, 0.5) is 0 Å². The van der Waals surface area contributed by atoms with E-state index in [0.29, 0.717) is 0 Å². The number of nitrogens with zero attached hydrogens (tertiary/aromatic N) is 1. The van der Waals surface area contributed by atoms with Crippen LogP contribution in [0.25, 0.3) is 0 Å². The largest absolute Gasteiger partial charge is 0.235 e. The van der Waals surface area contributed by atoms with Crippen LogP contribution < -0.4 is 0 Å². The molecule has 2 nitrogen and oxygen atoms in total. The van der Waals surface area contributed by atoms with Gasteiger partial charge in [0.1, 0.15) is 0 Å². The lowest BCUT2D eigenvalue weighted by Crippen LogP contribution is -2.19. The fourth-order valence-corrected chi connectivity index (χ4v) is 2.98. The van der Waals surface area contributed by atoms with Crippen LogP contribution >= 0.6 is 15.9 Å². The summed E-state index contributed by atoms with van der Waals surface area (Å²) in [7, 11) is 0. The molecule has 78 valence electrons. The normalized spacial score (nSPS) is 18.5. The summed E-state index contributed by atoms with van der Waals surface area (Å²) in [4.78, 5) is 14.6. The van der Waals surface area contributed by atoms with Crippen molar-refractivity contribution in [1.82, 2.24) is 0 Å². The molecule has 0 radical (unpaired) electrons. The van der Waals surface area contributed by atoms with E-state index >= 15 is 0 Å². The van der Waals surface area contributed by atoms with E-state index in [0.717, 1.165) is 35.7 Å². The Hall–Kier alpha value is -0.920. The highest BCUT2D eigenvalue weighted by Gasteiger charge is 2.36. The SMILES string of the molecule is O=C=NC1(c2ccccc2Br)CCCC1. The van der Waals surface area contributed by atoms with Gasteiger partial charge in [-0.1, -0.05) is 47.0 Å². The first-order valence-corrected chi connectivity index (χ1v) is 5.92. The van der Waals surface area contributed by atoms with Gasteiger partial charge in [-0.15, -0.1) is 0 Å². The number of isocyanates is 1. The van der Waals surface area contributed by atoms with Crippen molar-refractivity contribution in [3.8, 4) is 0 Å². The second kappa shape index (κ2) is 4.30. The molecule has 1 saturated carbocycles. The zero-order chi connectivity index (χ0) is 10.7. The van der Waals surface area contributed by atoms with Crippen molar-refractivity contribution in [2.45, 2.75) is 31.2 Å². The number of hydrogen-bond donors (Lipinski definition) is 0. The van der Waals surface area contributed by atoms with E-state index in [9.17, 15) is 4.79 Å². The summed E-state index contributed by atoms with van der Waals surface area (Å²) >= 11 is 3.52. The number of halogens is 1. The summed E-state index contributed by atoms with van der Waals surface area (Å²) in [6, 6.07) is 7.99. The van der Waals surface area contributed by atoms with Crippen LogP contribution in [-0.2, 0) is 10.3 Å². The Labute approximate surface area is 97.5 Å².